The van der Waals surface area contributed by atoms with Gasteiger partial charge in [-0.25, -0.2) is 0 Å². The monoisotopic (exact) mass is 339 g/mol. The Morgan fingerprint density at radius 3 is 1.76 bits per heavy atom. The summed E-state index contributed by atoms with van der Waals surface area (Å²) in [4.78, 5) is 26.4. The number of carbonyl (C=O) groups excluding carboxylic acids is 2. The maximum Gasteiger partial charge on any atom is 0.314 e. The third-order valence-corrected chi connectivity index (χ3v) is 3.94. The summed E-state index contributed by atoms with van der Waals surface area (Å²) in [5.41, 5.74) is 4.36. The van der Waals surface area contributed by atoms with Crippen molar-refractivity contribution in [3.8, 4) is 0 Å². The maximum absolute atomic E-state index is 12.1. The lowest BCUT2D eigenvalue weighted by atomic mass is 10.1. The second-order valence-corrected chi connectivity index (χ2v) is 6.00. The molecule has 0 fully saturated rings. The number of nitrogens with zero attached hydrogens (tertiary/aromatic N) is 1. The van der Waals surface area contributed by atoms with Gasteiger partial charge in [-0.2, -0.15) is 0 Å². The molecule has 0 saturated carbocycles. The van der Waals surface area contributed by atoms with E-state index in [4.69, 9.17) is 0 Å². The van der Waals surface area contributed by atoms with Gasteiger partial charge in [0.25, 0.3) is 0 Å². The van der Waals surface area contributed by atoms with Crippen molar-refractivity contribution in [3.05, 3.63) is 53.6 Å². The Balaban J connectivity index is 2.00. The summed E-state index contributed by atoms with van der Waals surface area (Å²) in [5, 5.41) is 5.26. The number of anilines is 3. The lowest BCUT2D eigenvalue weighted by molar-refractivity contribution is -0.132. The topological polar surface area (TPSA) is 61.4 Å². The summed E-state index contributed by atoms with van der Waals surface area (Å²) in [6.45, 7) is 9.91. The van der Waals surface area contributed by atoms with Crippen molar-refractivity contribution in [2.45, 2.75) is 27.7 Å². The largest absolute Gasteiger partial charge is 0.372 e. The summed E-state index contributed by atoms with van der Waals surface area (Å²) in [6, 6.07) is 13.1. The lowest BCUT2D eigenvalue weighted by Gasteiger charge is -2.21. The highest BCUT2D eigenvalue weighted by molar-refractivity contribution is 6.43. The van der Waals surface area contributed by atoms with E-state index < -0.39 is 11.8 Å². The number of amides is 2. The van der Waals surface area contributed by atoms with Crippen LogP contribution in [0.1, 0.15) is 25.0 Å². The van der Waals surface area contributed by atoms with Crippen LogP contribution in [0.15, 0.2) is 42.5 Å². The molecule has 0 aliphatic rings. The van der Waals surface area contributed by atoms with Crippen LogP contribution in [0.25, 0.3) is 0 Å². The number of benzene rings is 2. The zero-order valence-electron chi connectivity index (χ0n) is 15.2. The summed E-state index contributed by atoms with van der Waals surface area (Å²) in [7, 11) is 0. The molecule has 0 bridgehead atoms. The predicted molar refractivity (Wildman–Crippen MR) is 103 cm³/mol. The van der Waals surface area contributed by atoms with Crippen molar-refractivity contribution < 1.29 is 9.59 Å². The molecule has 0 aliphatic heterocycles. The molecule has 0 saturated heterocycles. The van der Waals surface area contributed by atoms with Crippen LogP contribution in [-0.2, 0) is 9.59 Å². The number of rotatable bonds is 5. The van der Waals surface area contributed by atoms with Gasteiger partial charge in [0.15, 0.2) is 0 Å². The third-order valence-electron chi connectivity index (χ3n) is 3.94. The second kappa shape index (κ2) is 8.33. The Bertz CT molecular complexity index is 730. The van der Waals surface area contributed by atoms with Crippen molar-refractivity contribution in [1.29, 1.82) is 0 Å². The van der Waals surface area contributed by atoms with E-state index in [1.807, 2.05) is 44.2 Å². The first-order chi connectivity index (χ1) is 11.9. The first-order valence-electron chi connectivity index (χ1n) is 8.48. The molecule has 2 aromatic carbocycles. The molecule has 2 N–H and O–H groups in total. The molecule has 0 unspecified atom stereocenters. The smallest absolute Gasteiger partial charge is 0.314 e. The van der Waals surface area contributed by atoms with E-state index in [-0.39, 0.29) is 0 Å². The molecule has 132 valence electrons. The van der Waals surface area contributed by atoms with Gasteiger partial charge < -0.3 is 15.5 Å². The highest BCUT2D eigenvalue weighted by atomic mass is 16.2. The fourth-order valence-corrected chi connectivity index (χ4v) is 2.77. The molecule has 0 aliphatic carbocycles. The van der Waals surface area contributed by atoms with Gasteiger partial charge in [-0.05, 0) is 75.2 Å². The van der Waals surface area contributed by atoms with Gasteiger partial charge in [-0.15, -0.1) is 0 Å². The standard InChI is InChI=1S/C20H25N3O2/c1-5-23(6-2)18-9-7-16(8-10-18)21-19(24)20(25)22-17-12-14(3)11-15(4)13-17/h7-13H,5-6H2,1-4H3,(H,21,24)(H,22,25). The Hall–Kier alpha value is -2.82. The predicted octanol–water partition coefficient (Wildman–Crippen LogP) is 3.73. The van der Waals surface area contributed by atoms with E-state index in [9.17, 15) is 9.59 Å². The number of hydrogen-bond donors (Lipinski definition) is 2. The molecule has 0 atom stereocenters. The number of carbonyl (C=O) groups is 2. The average molecular weight is 339 g/mol. The summed E-state index contributed by atoms with van der Waals surface area (Å²) >= 11 is 0. The van der Waals surface area contributed by atoms with Gasteiger partial charge in [0.05, 0.1) is 0 Å². The summed E-state index contributed by atoms with van der Waals surface area (Å²) in [6.07, 6.45) is 0. The molecule has 5 nitrogen and oxygen atoms in total. The van der Waals surface area contributed by atoms with Crippen LogP contribution in [0.4, 0.5) is 17.1 Å². The summed E-state index contributed by atoms with van der Waals surface area (Å²) in [5.74, 6) is -1.37. The second-order valence-electron chi connectivity index (χ2n) is 6.00. The normalized spacial score (nSPS) is 10.2. The highest BCUT2D eigenvalue weighted by Crippen LogP contribution is 2.18. The number of aryl methyl sites for hydroxylation is 2. The molecular formula is C20H25N3O2. The first-order valence-corrected chi connectivity index (χ1v) is 8.48. The van der Waals surface area contributed by atoms with E-state index in [0.29, 0.717) is 11.4 Å². The number of hydrogen-bond acceptors (Lipinski definition) is 3. The van der Waals surface area contributed by atoms with Crippen molar-refractivity contribution in [2.24, 2.45) is 0 Å². The lowest BCUT2D eigenvalue weighted by Crippen LogP contribution is -2.29. The molecule has 2 aromatic rings. The Labute approximate surface area is 149 Å². The van der Waals surface area contributed by atoms with Gasteiger partial charge in [0, 0.05) is 30.2 Å². The molecule has 0 heterocycles. The molecule has 0 radical (unpaired) electrons. The van der Waals surface area contributed by atoms with E-state index in [2.05, 4.69) is 29.4 Å². The zero-order valence-corrected chi connectivity index (χ0v) is 15.2. The van der Waals surface area contributed by atoms with E-state index in [1.165, 1.54) is 0 Å². The molecule has 5 heteroatoms. The Morgan fingerprint density at radius 1 is 0.800 bits per heavy atom. The first kappa shape index (κ1) is 18.5. The molecule has 2 rings (SSSR count). The molecule has 0 aromatic heterocycles. The minimum absolute atomic E-state index is 0.594. The molecular weight excluding hydrogens is 314 g/mol. The van der Waals surface area contributed by atoms with E-state index >= 15 is 0 Å². The maximum atomic E-state index is 12.1. The van der Waals surface area contributed by atoms with Gasteiger partial charge in [0.2, 0.25) is 0 Å². The van der Waals surface area contributed by atoms with Crippen LogP contribution < -0.4 is 15.5 Å². The van der Waals surface area contributed by atoms with Crippen molar-refractivity contribution in [1.82, 2.24) is 0 Å². The van der Waals surface area contributed by atoms with Crippen molar-refractivity contribution >= 4 is 28.9 Å². The van der Waals surface area contributed by atoms with Crippen LogP contribution >= 0.6 is 0 Å². The fourth-order valence-electron chi connectivity index (χ4n) is 2.77. The average Bonchev–Trinajstić information content (AvgIpc) is 2.56. The van der Waals surface area contributed by atoms with Gasteiger partial charge in [-0.3, -0.25) is 9.59 Å². The van der Waals surface area contributed by atoms with Crippen molar-refractivity contribution in [2.75, 3.05) is 28.6 Å². The molecule has 25 heavy (non-hydrogen) atoms. The van der Waals surface area contributed by atoms with Crippen LogP contribution in [-0.4, -0.2) is 24.9 Å². The van der Waals surface area contributed by atoms with Crippen LogP contribution in [0.2, 0.25) is 0 Å². The quantitative estimate of drug-likeness (QED) is 0.816. The zero-order chi connectivity index (χ0) is 18.4. The summed E-state index contributed by atoms with van der Waals surface area (Å²) < 4.78 is 0. The van der Waals surface area contributed by atoms with Crippen LogP contribution in [0.5, 0.6) is 0 Å². The third kappa shape index (κ3) is 5.08. The Kier molecular flexibility index (Phi) is 6.17. The highest BCUT2D eigenvalue weighted by Gasteiger charge is 2.14. The number of nitrogens with one attached hydrogen (secondary N) is 2. The molecule has 0 spiro atoms. The Morgan fingerprint density at radius 2 is 1.28 bits per heavy atom. The van der Waals surface area contributed by atoms with Gasteiger partial charge in [0.1, 0.15) is 0 Å². The fraction of sp³-hybridized carbons (Fsp3) is 0.300. The molecule has 2 amide bonds. The van der Waals surface area contributed by atoms with Gasteiger partial charge >= 0.3 is 11.8 Å². The minimum atomic E-state index is -0.685. The van der Waals surface area contributed by atoms with E-state index in [0.717, 1.165) is 29.9 Å². The van der Waals surface area contributed by atoms with Crippen LogP contribution in [0, 0.1) is 13.8 Å². The van der Waals surface area contributed by atoms with Gasteiger partial charge in [-0.1, -0.05) is 6.07 Å². The minimum Gasteiger partial charge on any atom is -0.372 e. The SMILES string of the molecule is CCN(CC)c1ccc(NC(=O)C(=O)Nc2cc(C)cc(C)c2)cc1. The van der Waals surface area contributed by atoms with Crippen LogP contribution in [0.3, 0.4) is 0 Å². The van der Waals surface area contributed by atoms with Crippen molar-refractivity contribution in [3.63, 3.8) is 0 Å². The van der Waals surface area contributed by atoms with E-state index in [1.54, 1.807) is 12.1 Å².